The molecule has 1 aliphatic carbocycles. The minimum atomic E-state index is 0.0404. The molecule has 1 aromatic carbocycles. The van der Waals surface area contributed by atoms with Gasteiger partial charge in [0.15, 0.2) is 5.78 Å². The van der Waals surface area contributed by atoms with Gasteiger partial charge in [0.25, 0.3) is 0 Å². The predicted molar refractivity (Wildman–Crippen MR) is 79.6 cm³/mol. The molecule has 2 nitrogen and oxygen atoms in total. The van der Waals surface area contributed by atoms with Crippen molar-refractivity contribution in [2.75, 3.05) is 7.05 Å². The topological polar surface area (TPSA) is 29.1 Å². The molecule has 0 spiro atoms. The van der Waals surface area contributed by atoms with E-state index in [-0.39, 0.29) is 11.3 Å². The molecule has 0 aromatic heterocycles. The van der Waals surface area contributed by atoms with Crippen LogP contribution >= 0.6 is 0 Å². The highest BCUT2D eigenvalue weighted by atomic mass is 16.1. The molecule has 19 heavy (non-hydrogen) atoms. The normalized spacial score (nSPS) is 18.2. The van der Waals surface area contributed by atoms with Crippen molar-refractivity contribution < 1.29 is 4.79 Å². The first-order chi connectivity index (χ1) is 9.19. The van der Waals surface area contributed by atoms with E-state index >= 15 is 0 Å². The molecule has 0 bridgehead atoms. The second-order valence-electron chi connectivity index (χ2n) is 5.74. The van der Waals surface area contributed by atoms with Gasteiger partial charge in [-0.25, -0.2) is 0 Å². The van der Waals surface area contributed by atoms with Crippen LogP contribution in [0.3, 0.4) is 0 Å². The van der Waals surface area contributed by atoms with E-state index in [1.807, 2.05) is 19.2 Å². The fourth-order valence-corrected chi connectivity index (χ4v) is 3.08. The molecule has 104 valence electrons. The van der Waals surface area contributed by atoms with Gasteiger partial charge in [0.1, 0.15) is 0 Å². The average Bonchev–Trinajstić information content (AvgIpc) is 2.48. The summed E-state index contributed by atoms with van der Waals surface area (Å²) in [4.78, 5) is 12.4. The molecule has 0 radical (unpaired) electrons. The van der Waals surface area contributed by atoms with Gasteiger partial charge in [-0.15, -0.1) is 0 Å². The van der Waals surface area contributed by atoms with Gasteiger partial charge in [0.2, 0.25) is 0 Å². The second-order valence-corrected chi connectivity index (χ2v) is 5.74. The first kappa shape index (κ1) is 14.3. The lowest BCUT2D eigenvalue weighted by Crippen LogP contribution is -2.46. The number of hydrogen-bond donors (Lipinski definition) is 1. The van der Waals surface area contributed by atoms with E-state index in [2.05, 4.69) is 24.4 Å². The van der Waals surface area contributed by atoms with Crippen LogP contribution in [0.15, 0.2) is 24.3 Å². The Morgan fingerprint density at radius 1 is 1.16 bits per heavy atom. The molecule has 1 fully saturated rings. The fourth-order valence-electron chi connectivity index (χ4n) is 3.08. The third-order valence-electron chi connectivity index (χ3n) is 4.52. The van der Waals surface area contributed by atoms with E-state index < -0.39 is 0 Å². The van der Waals surface area contributed by atoms with Crippen molar-refractivity contribution in [1.82, 2.24) is 5.32 Å². The highest BCUT2D eigenvalue weighted by molar-refractivity contribution is 5.96. The second kappa shape index (κ2) is 6.33. The molecule has 0 saturated heterocycles. The van der Waals surface area contributed by atoms with Gasteiger partial charge in [-0.1, -0.05) is 50.5 Å². The lowest BCUT2D eigenvalue weighted by atomic mass is 9.77. The summed E-state index contributed by atoms with van der Waals surface area (Å²) in [5, 5.41) is 3.42. The maximum Gasteiger partial charge on any atom is 0.164 e. The molecule has 1 aromatic rings. The van der Waals surface area contributed by atoms with E-state index in [1.54, 1.807) is 0 Å². The number of benzene rings is 1. The van der Waals surface area contributed by atoms with Crippen LogP contribution in [0.5, 0.6) is 0 Å². The van der Waals surface area contributed by atoms with Crippen molar-refractivity contribution in [3.8, 4) is 0 Å². The quantitative estimate of drug-likeness (QED) is 0.816. The lowest BCUT2D eigenvalue weighted by Gasteiger charge is -2.36. The van der Waals surface area contributed by atoms with E-state index in [0.29, 0.717) is 6.42 Å². The first-order valence-electron chi connectivity index (χ1n) is 7.50. The van der Waals surface area contributed by atoms with Crippen LogP contribution in [0.4, 0.5) is 0 Å². The number of Topliss-reactive ketones (excluding diaryl/α,β-unsaturated/α-hetero) is 1. The van der Waals surface area contributed by atoms with Gasteiger partial charge in [-0.2, -0.15) is 0 Å². The average molecular weight is 259 g/mol. The number of hydrogen-bond acceptors (Lipinski definition) is 2. The molecular formula is C17H25NO. The van der Waals surface area contributed by atoms with Crippen LogP contribution in [0.2, 0.25) is 0 Å². The summed E-state index contributed by atoms with van der Waals surface area (Å²) in [5.74, 6) is 0.277. The van der Waals surface area contributed by atoms with Crippen molar-refractivity contribution in [3.05, 3.63) is 35.4 Å². The van der Waals surface area contributed by atoms with Crippen LogP contribution in [0.25, 0.3) is 0 Å². The van der Waals surface area contributed by atoms with E-state index in [4.69, 9.17) is 0 Å². The first-order valence-corrected chi connectivity index (χ1v) is 7.50. The third kappa shape index (κ3) is 3.44. The molecule has 0 amide bonds. The maximum absolute atomic E-state index is 12.4. The molecule has 0 heterocycles. The Morgan fingerprint density at radius 2 is 1.79 bits per heavy atom. The molecule has 0 atom stereocenters. The Kier molecular flexibility index (Phi) is 4.76. The number of aryl methyl sites for hydroxylation is 1. The highest BCUT2D eigenvalue weighted by Crippen LogP contribution is 2.31. The third-order valence-corrected chi connectivity index (χ3v) is 4.52. The number of rotatable bonds is 5. The van der Waals surface area contributed by atoms with Gasteiger partial charge in [-0.3, -0.25) is 4.79 Å². The summed E-state index contributed by atoms with van der Waals surface area (Å²) in [6.07, 6.45) is 7.70. The number of carbonyl (C=O) groups is 1. The van der Waals surface area contributed by atoms with Gasteiger partial charge in [0, 0.05) is 17.5 Å². The smallest absolute Gasteiger partial charge is 0.164 e. The molecule has 1 saturated carbocycles. The summed E-state index contributed by atoms with van der Waals surface area (Å²) < 4.78 is 0. The Labute approximate surface area is 116 Å². The highest BCUT2D eigenvalue weighted by Gasteiger charge is 2.32. The van der Waals surface area contributed by atoms with E-state index in [0.717, 1.165) is 24.8 Å². The minimum Gasteiger partial charge on any atom is -0.314 e. The van der Waals surface area contributed by atoms with Crippen molar-refractivity contribution >= 4 is 5.78 Å². The van der Waals surface area contributed by atoms with Crippen molar-refractivity contribution in [2.45, 2.75) is 57.4 Å². The monoisotopic (exact) mass is 259 g/mol. The summed E-state index contributed by atoms with van der Waals surface area (Å²) in [5.41, 5.74) is 2.19. The molecule has 0 unspecified atom stereocenters. The Morgan fingerprint density at radius 3 is 2.32 bits per heavy atom. The molecule has 0 aliphatic heterocycles. The van der Waals surface area contributed by atoms with E-state index in [9.17, 15) is 4.79 Å². The Bertz CT molecular complexity index is 415. The zero-order valence-electron chi connectivity index (χ0n) is 12.2. The Balaban J connectivity index is 2.06. The number of carbonyl (C=O) groups excluding carboxylic acids is 1. The summed E-state index contributed by atoms with van der Waals surface area (Å²) in [6, 6.07) is 8.10. The molecule has 2 rings (SSSR count). The van der Waals surface area contributed by atoms with Gasteiger partial charge in [-0.05, 0) is 31.9 Å². The van der Waals surface area contributed by atoms with Crippen LogP contribution in [0.1, 0.15) is 61.4 Å². The largest absolute Gasteiger partial charge is 0.314 e. The van der Waals surface area contributed by atoms with E-state index in [1.165, 1.54) is 24.8 Å². The van der Waals surface area contributed by atoms with Crippen molar-refractivity contribution in [2.24, 2.45) is 0 Å². The fraction of sp³-hybridized carbons (Fsp3) is 0.588. The Hall–Kier alpha value is -1.15. The summed E-state index contributed by atoms with van der Waals surface area (Å²) in [7, 11) is 2.00. The zero-order chi connectivity index (χ0) is 13.7. The van der Waals surface area contributed by atoms with Gasteiger partial charge < -0.3 is 5.32 Å². The SMILES string of the molecule is CCc1ccc(C(=O)CC2(NC)CCCCC2)cc1. The summed E-state index contributed by atoms with van der Waals surface area (Å²) >= 11 is 0. The molecule has 1 aliphatic rings. The zero-order valence-corrected chi connectivity index (χ0v) is 12.2. The molecule has 2 heteroatoms. The van der Waals surface area contributed by atoms with Crippen LogP contribution in [-0.4, -0.2) is 18.4 Å². The van der Waals surface area contributed by atoms with Crippen LogP contribution in [0, 0.1) is 0 Å². The predicted octanol–water partition coefficient (Wildman–Crippen LogP) is 3.74. The number of nitrogens with one attached hydrogen (secondary N) is 1. The minimum absolute atomic E-state index is 0.0404. The van der Waals surface area contributed by atoms with Crippen LogP contribution < -0.4 is 5.32 Å². The van der Waals surface area contributed by atoms with Crippen LogP contribution in [-0.2, 0) is 6.42 Å². The lowest BCUT2D eigenvalue weighted by molar-refractivity contribution is 0.0915. The maximum atomic E-state index is 12.4. The summed E-state index contributed by atoms with van der Waals surface area (Å²) in [6.45, 7) is 2.13. The van der Waals surface area contributed by atoms with Gasteiger partial charge in [0.05, 0.1) is 0 Å². The van der Waals surface area contributed by atoms with Crippen molar-refractivity contribution in [3.63, 3.8) is 0 Å². The van der Waals surface area contributed by atoms with Crippen molar-refractivity contribution in [1.29, 1.82) is 0 Å². The number of ketones is 1. The molecule has 1 N–H and O–H groups in total. The molecular weight excluding hydrogens is 234 g/mol. The standard InChI is InChI=1S/C17H25NO/c1-3-14-7-9-15(10-8-14)16(19)13-17(18-2)11-5-4-6-12-17/h7-10,18H,3-6,11-13H2,1-2H3. The van der Waals surface area contributed by atoms with Gasteiger partial charge >= 0.3 is 0 Å².